The second-order valence-electron chi connectivity index (χ2n) is 10.6. The fourth-order valence-corrected chi connectivity index (χ4v) is 4.23. The van der Waals surface area contributed by atoms with Crippen LogP contribution in [0.25, 0.3) is 0 Å². The lowest BCUT2D eigenvalue weighted by Crippen LogP contribution is -2.63. The molecule has 47 heavy (non-hydrogen) atoms. The van der Waals surface area contributed by atoms with Crippen LogP contribution in [0.2, 0.25) is 0 Å². The van der Waals surface area contributed by atoms with Gasteiger partial charge in [0.05, 0.1) is 13.2 Å². The van der Waals surface area contributed by atoms with Crippen molar-refractivity contribution in [2.24, 2.45) is 5.73 Å². The van der Waals surface area contributed by atoms with E-state index in [1.165, 1.54) is 12.1 Å². The molecule has 0 heterocycles. The van der Waals surface area contributed by atoms with Gasteiger partial charge in [-0.25, -0.2) is 0 Å². The Hall–Kier alpha value is -3.50. The van der Waals surface area contributed by atoms with E-state index >= 15 is 0 Å². The Bertz CT molecular complexity index is 1200. The van der Waals surface area contributed by atoms with Gasteiger partial charge in [0.15, 0.2) is 25.7 Å². The van der Waals surface area contributed by atoms with E-state index in [2.05, 4.69) is 0 Å². The molecule has 0 radical (unpaired) electrons. The number of benzene rings is 2. The van der Waals surface area contributed by atoms with Gasteiger partial charge in [-0.3, -0.25) is 14.5 Å². The first-order valence-electron chi connectivity index (χ1n) is 14.2. The maximum Gasteiger partial charge on any atom is 0.264 e. The van der Waals surface area contributed by atoms with Crippen LogP contribution in [0.5, 0.6) is 11.5 Å². The molecular weight excluding hydrogens is 632 g/mol. The van der Waals surface area contributed by atoms with Crippen molar-refractivity contribution in [1.29, 1.82) is 0 Å². The number of nitrogens with two attached hydrogens (primary N) is 1. The Morgan fingerprint density at radius 1 is 0.574 bits per heavy atom. The van der Waals surface area contributed by atoms with Gasteiger partial charge < -0.3 is 76.5 Å². The van der Waals surface area contributed by atoms with E-state index in [0.717, 1.165) is 11.1 Å². The number of nitrogens with zero attached hydrogens (tertiary/aromatic N) is 1. The molecule has 0 saturated heterocycles. The predicted molar refractivity (Wildman–Crippen MR) is 157 cm³/mol. The highest BCUT2D eigenvalue weighted by molar-refractivity contribution is 5.78. The number of rotatable bonds is 20. The summed E-state index contributed by atoms with van der Waals surface area (Å²) in [6, 6.07) is 13.1. The summed E-state index contributed by atoms with van der Waals surface area (Å²) in [6.07, 6.45) is -23.4. The van der Waals surface area contributed by atoms with Crippen LogP contribution in [0.3, 0.4) is 0 Å². The molecule has 0 aliphatic carbocycles. The third-order valence-corrected chi connectivity index (χ3v) is 7.03. The Balaban J connectivity index is 2.18. The predicted octanol–water partition coefficient (Wildman–Crippen LogP) is -6.14. The molecule has 264 valence electrons. The van der Waals surface area contributed by atoms with Crippen LogP contribution in [0, 0.1) is 0 Å². The Kier molecular flexibility index (Phi) is 15.8. The maximum atomic E-state index is 13.1. The average molecular weight is 675 g/mol. The topological polar surface area (TPSA) is 325 Å². The van der Waals surface area contributed by atoms with Crippen LogP contribution in [-0.2, 0) is 16.0 Å². The summed E-state index contributed by atoms with van der Waals surface area (Å²) in [5.41, 5.74) is 6.75. The van der Waals surface area contributed by atoms with Gasteiger partial charge in [-0.2, -0.15) is 0 Å². The summed E-state index contributed by atoms with van der Waals surface area (Å²) in [7, 11) is 0. The molecule has 10 atom stereocenters. The lowest BCUT2D eigenvalue weighted by Gasteiger charge is -2.40. The number of hydrogen-bond donors (Lipinski definition) is 13. The molecule has 0 fully saturated rings. The first-order valence-corrected chi connectivity index (χ1v) is 14.2. The van der Waals surface area contributed by atoms with Crippen LogP contribution in [-0.4, -0.2) is 166 Å². The number of hydrogen-bond acceptors (Lipinski definition) is 16. The third kappa shape index (κ3) is 11.3. The Morgan fingerprint density at radius 3 is 1.28 bits per heavy atom. The van der Waals surface area contributed by atoms with Crippen LogP contribution in [0.4, 0.5) is 0 Å². The third-order valence-electron chi connectivity index (χ3n) is 7.03. The summed E-state index contributed by atoms with van der Waals surface area (Å²) < 4.78 is 10.6. The number of amides is 2. The smallest absolute Gasteiger partial charge is 0.264 e. The molecule has 18 nitrogen and oxygen atoms in total. The number of primary amides is 1. The van der Waals surface area contributed by atoms with Crippen molar-refractivity contribution in [2.45, 2.75) is 67.7 Å². The monoisotopic (exact) mass is 674 g/mol. The van der Waals surface area contributed by atoms with E-state index in [-0.39, 0.29) is 17.3 Å². The summed E-state index contributed by atoms with van der Waals surface area (Å²) in [5.74, 6) is -1.44. The van der Waals surface area contributed by atoms with E-state index in [4.69, 9.17) is 25.4 Å². The molecule has 0 bridgehead atoms. The SMILES string of the molecule is NC(=O)COc1ccc(Cc2ccc(OCC(=O)N(C(O)[C@H](O)[C@H](O)[C@H](O)[C@@H](O)CO)C(O)[C@H](O)[C@H](O)[C@H](O)[C@@H](O)CO)cc2)cc1. The number of aliphatic hydroxyl groups is 12. The van der Waals surface area contributed by atoms with Crippen molar-refractivity contribution >= 4 is 11.8 Å². The second kappa shape index (κ2) is 18.7. The van der Waals surface area contributed by atoms with E-state index in [1.54, 1.807) is 36.4 Å². The molecule has 14 N–H and O–H groups in total. The zero-order chi connectivity index (χ0) is 35.4. The number of ether oxygens (including phenoxy) is 2. The highest BCUT2D eigenvalue weighted by Gasteiger charge is 2.45. The zero-order valence-corrected chi connectivity index (χ0v) is 25.0. The number of carbonyl (C=O) groups excluding carboxylic acids is 2. The highest BCUT2D eigenvalue weighted by Crippen LogP contribution is 2.21. The quantitative estimate of drug-likeness (QED) is 0.0581. The summed E-state index contributed by atoms with van der Waals surface area (Å²) in [6.45, 7) is -3.40. The van der Waals surface area contributed by atoms with Gasteiger partial charge in [0.25, 0.3) is 11.8 Å². The molecule has 2 unspecified atom stereocenters. The van der Waals surface area contributed by atoms with Crippen LogP contribution in [0.15, 0.2) is 48.5 Å². The molecule has 18 heteroatoms. The molecule has 0 aliphatic rings. The van der Waals surface area contributed by atoms with Crippen LogP contribution >= 0.6 is 0 Å². The van der Waals surface area contributed by atoms with E-state index < -0.39 is 92.9 Å². The van der Waals surface area contributed by atoms with Gasteiger partial charge in [0.1, 0.15) is 60.3 Å². The van der Waals surface area contributed by atoms with E-state index in [9.17, 15) is 60.7 Å². The van der Waals surface area contributed by atoms with E-state index in [1.807, 2.05) is 0 Å². The molecule has 2 aromatic rings. The van der Waals surface area contributed by atoms with Gasteiger partial charge in [-0.15, -0.1) is 0 Å². The molecule has 0 spiro atoms. The first-order chi connectivity index (χ1) is 22.1. The van der Waals surface area contributed by atoms with Gasteiger partial charge in [0.2, 0.25) is 0 Å². The standard InChI is InChI=1S/C29H42N2O16/c30-20(36)12-46-16-5-1-14(2-6-16)9-15-3-7-17(8-4-15)47-13-21(37)31(28(44)26(42)24(40)22(38)18(34)10-32)29(45)27(43)25(41)23(39)19(35)11-33/h1-8,18-19,22-29,32-35,38-45H,9-13H2,(H2,30,36)/t18-,19-,22+,23+,24+,25+,26+,27+,28?,29?/m0/s1. The molecule has 2 amide bonds. The Morgan fingerprint density at radius 2 is 0.936 bits per heavy atom. The van der Waals surface area contributed by atoms with Crippen molar-refractivity contribution in [2.75, 3.05) is 26.4 Å². The van der Waals surface area contributed by atoms with Crippen LogP contribution < -0.4 is 15.2 Å². The molecule has 0 aromatic heterocycles. The zero-order valence-electron chi connectivity index (χ0n) is 25.0. The van der Waals surface area contributed by atoms with Crippen LogP contribution in [0.1, 0.15) is 11.1 Å². The average Bonchev–Trinajstić information content (AvgIpc) is 3.08. The van der Waals surface area contributed by atoms with Gasteiger partial charge in [-0.1, -0.05) is 24.3 Å². The van der Waals surface area contributed by atoms with E-state index in [0.29, 0.717) is 12.2 Å². The summed E-state index contributed by atoms with van der Waals surface area (Å²) >= 11 is 0. The lowest BCUT2D eigenvalue weighted by atomic mass is 9.99. The molecule has 0 saturated carbocycles. The van der Waals surface area contributed by atoms with Crippen molar-refractivity contribution in [3.63, 3.8) is 0 Å². The minimum Gasteiger partial charge on any atom is -0.484 e. The lowest BCUT2D eigenvalue weighted by molar-refractivity contribution is -0.227. The summed E-state index contributed by atoms with van der Waals surface area (Å²) in [5, 5.41) is 120. The van der Waals surface area contributed by atoms with Crippen molar-refractivity contribution in [1.82, 2.24) is 4.90 Å². The second-order valence-corrected chi connectivity index (χ2v) is 10.6. The van der Waals surface area contributed by atoms with Crippen molar-refractivity contribution in [3.05, 3.63) is 59.7 Å². The molecular formula is C29H42N2O16. The molecule has 2 rings (SSSR count). The Labute approximate surface area is 268 Å². The van der Waals surface area contributed by atoms with Gasteiger partial charge in [0, 0.05) is 0 Å². The number of carbonyl (C=O) groups is 2. The molecule has 0 aliphatic heterocycles. The van der Waals surface area contributed by atoms with Gasteiger partial charge in [-0.05, 0) is 41.8 Å². The maximum absolute atomic E-state index is 13.1. The first kappa shape index (κ1) is 39.7. The highest BCUT2D eigenvalue weighted by atomic mass is 16.5. The minimum absolute atomic E-state index is 0.0525. The van der Waals surface area contributed by atoms with Crippen molar-refractivity contribution in [3.8, 4) is 11.5 Å². The fourth-order valence-electron chi connectivity index (χ4n) is 4.23. The molecule has 2 aromatic carbocycles. The van der Waals surface area contributed by atoms with Crippen molar-refractivity contribution < 1.29 is 80.3 Å². The summed E-state index contributed by atoms with van der Waals surface area (Å²) in [4.78, 5) is 23.9. The fraction of sp³-hybridized carbons (Fsp3) is 0.517. The largest absolute Gasteiger partial charge is 0.484 e. The van der Waals surface area contributed by atoms with Gasteiger partial charge >= 0.3 is 0 Å². The minimum atomic E-state index is -2.67. The number of aliphatic hydroxyl groups excluding tert-OH is 12. The normalized spacial score (nSPS) is 18.0.